The van der Waals surface area contributed by atoms with Crippen molar-refractivity contribution in [3.8, 4) is 11.5 Å². The highest BCUT2D eigenvalue weighted by Gasteiger charge is 2.33. The molecular formula is C27H26N2O5S. The first-order valence-electron chi connectivity index (χ1n) is 11.1. The Balaban J connectivity index is 1.86. The summed E-state index contributed by atoms with van der Waals surface area (Å²) >= 11 is 1.28. The van der Waals surface area contributed by atoms with Gasteiger partial charge < -0.3 is 14.2 Å². The van der Waals surface area contributed by atoms with Gasteiger partial charge in [-0.2, -0.15) is 0 Å². The van der Waals surface area contributed by atoms with E-state index in [0.717, 1.165) is 16.9 Å². The number of methoxy groups -OCH3 is 1. The number of hydrogen-bond acceptors (Lipinski definition) is 7. The van der Waals surface area contributed by atoms with E-state index >= 15 is 0 Å². The summed E-state index contributed by atoms with van der Waals surface area (Å²) in [6, 6.07) is 14.1. The molecule has 2 aromatic carbocycles. The monoisotopic (exact) mass is 490 g/mol. The van der Waals surface area contributed by atoms with E-state index in [1.54, 1.807) is 30.7 Å². The predicted molar refractivity (Wildman–Crippen MR) is 136 cm³/mol. The Morgan fingerprint density at radius 3 is 2.46 bits per heavy atom. The molecule has 1 atom stereocenters. The molecule has 7 nitrogen and oxygen atoms in total. The smallest absolute Gasteiger partial charge is 0.338 e. The highest BCUT2D eigenvalue weighted by Crippen LogP contribution is 2.31. The summed E-state index contributed by atoms with van der Waals surface area (Å²) in [4.78, 5) is 31.8. The lowest BCUT2D eigenvalue weighted by atomic mass is 9.96. The Labute approximate surface area is 206 Å². The van der Waals surface area contributed by atoms with Crippen LogP contribution in [0.1, 0.15) is 31.0 Å². The average Bonchev–Trinajstić information content (AvgIpc) is 3.17. The number of rotatable bonds is 8. The van der Waals surface area contributed by atoms with Crippen molar-refractivity contribution >= 4 is 23.4 Å². The zero-order valence-electron chi connectivity index (χ0n) is 19.8. The summed E-state index contributed by atoms with van der Waals surface area (Å²) in [6.45, 7) is 7.93. The first-order valence-corrected chi connectivity index (χ1v) is 12.0. The quantitative estimate of drug-likeness (QED) is 0.357. The van der Waals surface area contributed by atoms with Gasteiger partial charge in [0.2, 0.25) is 0 Å². The molecule has 1 aliphatic rings. The van der Waals surface area contributed by atoms with Crippen LogP contribution in [0.25, 0.3) is 6.08 Å². The van der Waals surface area contributed by atoms with Crippen LogP contribution in [-0.2, 0) is 9.53 Å². The van der Waals surface area contributed by atoms with Crippen molar-refractivity contribution in [1.29, 1.82) is 0 Å². The second kappa shape index (κ2) is 10.6. The van der Waals surface area contributed by atoms with Crippen LogP contribution in [0, 0.1) is 0 Å². The van der Waals surface area contributed by atoms with E-state index in [0.29, 0.717) is 33.0 Å². The van der Waals surface area contributed by atoms with E-state index in [4.69, 9.17) is 14.2 Å². The summed E-state index contributed by atoms with van der Waals surface area (Å²) in [5, 5.41) is 0. The number of benzene rings is 2. The number of nitrogens with zero attached hydrogens (tertiary/aromatic N) is 2. The third-order valence-corrected chi connectivity index (χ3v) is 6.48. The van der Waals surface area contributed by atoms with Crippen molar-refractivity contribution in [2.75, 3.05) is 20.3 Å². The van der Waals surface area contributed by atoms with Gasteiger partial charge in [0.05, 0.1) is 35.6 Å². The van der Waals surface area contributed by atoms with Crippen LogP contribution in [0.3, 0.4) is 0 Å². The molecule has 0 saturated carbocycles. The number of ether oxygens (including phenoxy) is 3. The minimum atomic E-state index is -0.683. The number of fused-ring (bicyclic) bond motifs is 1. The molecule has 35 heavy (non-hydrogen) atoms. The molecule has 180 valence electrons. The van der Waals surface area contributed by atoms with Gasteiger partial charge >= 0.3 is 5.97 Å². The van der Waals surface area contributed by atoms with Crippen molar-refractivity contribution in [1.82, 2.24) is 4.57 Å². The summed E-state index contributed by atoms with van der Waals surface area (Å²) in [7, 11) is 1.58. The second-order valence-corrected chi connectivity index (χ2v) is 8.75. The van der Waals surface area contributed by atoms with E-state index in [1.807, 2.05) is 49.4 Å². The molecular weight excluding hydrogens is 464 g/mol. The van der Waals surface area contributed by atoms with E-state index in [9.17, 15) is 9.59 Å². The molecule has 0 amide bonds. The van der Waals surface area contributed by atoms with Crippen LogP contribution in [0.4, 0.5) is 0 Å². The molecule has 0 spiro atoms. The van der Waals surface area contributed by atoms with E-state index in [2.05, 4.69) is 11.6 Å². The van der Waals surface area contributed by atoms with Gasteiger partial charge in [0.1, 0.15) is 18.1 Å². The van der Waals surface area contributed by atoms with E-state index in [1.165, 1.54) is 17.4 Å². The van der Waals surface area contributed by atoms with E-state index in [-0.39, 0.29) is 12.2 Å². The molecule has 0 N–H and O–H groups in total. The molecule has 0 fully saturated rings. The van der Waals surface area contributed by atoms with Crippen LogP contribution in [0.2, 0.25) is 0 Å². The molecule has 4 rings (SSSR count). The minimum absolute atomic E-state index is 0.0626. The van der Waals surface area contributed by atoms with Crippen LogP contribution < -0.4 is 24.4 Å². The predicted octanol–water partition coefficient (Wildman–Crippen LogP) is 3.37. The van der Waals surface area contributed by atoms with Gasteiger partial charge in [-0.25, -0.2) is 9.79 Å². The molecule has 3 aromatic rings. The molecule has 1 aromatic heterocycles. The average molecular weight is 491 g/mol. The van der Waals surface area contributed by atoms with Gasteiger partial charge in [-0.05, 0) is 55.3 Å². The van der Waals surface area contributed by atoms with E-state index < -0.39 is 12.0 Å². The normalized spacial score (nSPS) is 15.3. The summed E-state index contributed by atoms with van der Waals surface area (Å²) in [6.07, 6.45) is 3.32. The van der Waals surface area contributed by atoms with Crippen LogP contribution in [0.15, 0.2) is 82.2 Å². The Kier molecular flexibility index (Phi) is 7.31. The Morgan fingerprint density at radius 1 is 1.14 bits per heavy atom. The topological polar surface area (TPSA) is 79.1 Å². The summed E-state index contributed by atoms with van der Waals surface area (Å²) in [5.41, 5.74) is 2.20. The van der Waals surface area contributed by atoms with Gasteiger partial charge in [0.15, 0.2) is 4.80 Å². The fourth-order valence-corrected chi connectivity index (χ4v) is 4.92. The lowest BCUT2D eigenvalue weighted by molar-refractivity contribution is -0.138. The van der Waals surface area contributed by atoms with Crippen molar-refractivity contribution in [3.63, 3.8) is 0 Å². The van der Waals surface area contributed by atoms with Gasteiger partial charge in [-0.1, -0.05) is 48.3 Å². The highest BCUT2D eigenvalue weighted by molar-refractivity contribution is 7.07. The molecule has 0 bridgehead atoms. The Bertz CT molecular complexity index is 1450. The van der Waals surface area contributed by atoms with Crippen molar-refractivity contribution in [2.45, 2.75) is 19.9 Å². The highest BCUT2D eigenvalue weighted by atomic mass is 32.1. The fraction of sp³-hybridized carbons (Fsp3) is 0.222. The number of allylic oxidation sites excluding steroid dienone is 1. The van der Waals surface area contributed by atoms with Crippen LogP contribution >= 0.6 is 11.3 Å². The van der Waals surface area contributed by atoms with Crippen molar-refractivity contribution < 1.29 is 19.0 Å². The SMILES string of the molecule is C=CCOC(=O)C1=C(C)N=c2s/c(=C/c3ccc(OCC)cc3)c(=O)n2C1c1ccc(OC)cc1. The number of esters is 1. The lowest BCUT2D eigenvalue weighted by Crippen LogP contribution is -2.39. The first kappa shape index (κ1) is 24.2. The van der Waals surface area contributed by atoms with Crippen LogP contribution in [-0.4, -0.2) is 30.9 Å². The molecule has 2 heterocycles. The van der Waals surface area contributed by atoms with Gasteiger partial charge in [0.25, 0.3) is 5.56 Å². The number of hydrogen-bond donors (Lipinski definition) is 0. The lowest BCUT2D eigenvalue weighted by Gasteiger charge is -2.24. The molecule has 1 aliphatic heterocycles. The maximum Gasteiger partial charge on any atom is 0.338 e. The fourth-order valence-electron chi connectivity index (χ4n) is 3.87. The number of aromatic nitrogens is 1. The minimum Gasteiger partial charge on any atom is -0.497 e. The molecule has 0 aliphatic carbocycles. The summed E-state index contributed by atoms with van der Waals surface area (Å²) < 4.78 is 18.2. The first-order chi connectivity index (χ1) is 17.0. The zero-order chi connectivity index (χ0) is 24.9. The molecule has 0 radical (unpaired) electrons. The number of thiazole rings is 1. The van der Waals surface area contributed by atoms with Gasteiger partial charge in [-0.15, -0.1) is 0 Å². The maximum atomic E-state index is 13.6. The molecule has 8 heteroatoms. The second-order valence-electron chi connectivity index (χ2n) is 7.74. The zero-order valence-corrected chi connectivity index (χ0v) is 20.6. The third-order valence-electron chi connectivity index (χ3n) is 5.49. The van der Waals surface area contributed by atoms with Crippen molar-refractivity contribution in [2.24, 2.45) is 4.99 Å². The molecule has 0 saturated heterocycles. The van der Waals surface area contributed by atoms with Crippen LogP contribution in [0.5, 0.6) is 11.5 Å². The van der Waals surface area contributed by atoms with Gasteiger partial charge in [0, 0.05) is 0 Å². The Morgan fingerprint density at radius 2 is 1.83 bits per heavy atom. The number of carbonyl (C=O) groups excluding carboxylic acids is 1. The summed E-state index contributed by atoms with van der Waals surface area (Å²) in [5.74, 6) is 0.907. The van der Waals surface area contributed by atoms with Crippen molar-refractivity contribution in [3.05, 3.63) is 103 Å². The molecule has 1 unspecified atom stereocenters. The van der Waals surface area contributed by atoms with Gasteiger partial charge in [-0.3, -0.25) is 9.36 Å². The Hall–Kier alpha value is -3.91. The number of carbonyl (C=O) groups is 1. The third kappa shape index (κ3) is 4.97. The standard InChI is InChI=1S/C27H26N2O5S/c1-5-15-34-26(31)23-17(3)28-27-29(24(23)19-9-13-20(32-4)14-10-19)25(30)22(35-27)16-18-7-11-21(12-8-18)33-6-2/h5,7-14,16,24H,1,6,15H2,2-4H3/b22-16+. The maximum absolute atomic E-state index is 13.6. The largest absolute Gasteiger partial charge is 0.497 e.